The molecule has 9 heteroatoms. The molecule has 0 saturated carbocycles. The number of rotatable bonds is 52. The summed E-state index contributed by atoms with van der Waals surface area (Å²) in [7, 11) is 0. The molecule has 0 aromatic heterocycles. The van der Waals surface area contributed by atoms with Crippen LogP contribution in [0.4, 0.5) is 0 Å². The van der Waals surface area contributed by atoms with E-state index >= 15 is 0 Å². The molecule has 0 spiro atoms. The Morgan fingerprint density at radius 1 is 0.461 bits per heavy atom. The molecule has 1 aliphatic rings. The van der Waals surface area contributed by atoms with Gasteiger partial charge in [-0.3, -0.25) is 4.79 Å². The smallest absolute Gasteiger partial charge is 0.220 e. The van der Waals surface area contributed by atoms with Gasteiger partial charge in [0.1, 0.15) is 24.4 Å². The van der Waals surface area contributed by atoms with E-state index in [0.29, 0.717) is 12.8 Å². The summed E-state index contributed by atoms with van der Waals surface area (Å²) >= 11 is 0. The normalized spacial score (nSPS) is 19.6. The highest BCUT2D eigenvalue weighted by atomic mass is 16.7. The fourth-order valence-electron chi connectivity index (χ4n) is 9.27. The van der Waals surface area contributed by atoms with Crippen molar-refractivity contribution in [2.75, 3.05) is 13.2 Å². The van der Waals surface area contributed by atoms with E-state index < -0.39 is 49.5 Å². The highest BCUT2D eigenvalue weighted by molar-refractivity contribution is 5.76. The minimum atomic E-state index is -1.56. The first-order chi connectivity index (χ1) is 37.3. The summed E-state index contributed by atoms with van der Waals surface area (Å²) < 4.78 is 11.3. The number of aliphatic hydroxyl groups is 5. The van der Waals surface area contributed by atoms with Crippen molar-refractivity contribution in [3.05, 3.63) is 109 Å². The second-order valence-electron chi connectivity index (χ2n) is 21.1. The lowest BCUT2D eigenvalue weighted by atomic mass is 9.99. The highest BCUT2D eigenvalue weighted by Gasteiger charge is 2.44. The quantitative estimate of drug-likeness (QED) is 0.0261. The first-order valence-electron chi connectivity index (χ1n) is 31.1. The van der Waals surface area contributed by atoms with Crippen molar-refractivity contribution in [1.29, 1.82) is 0 Å². The third kappa shape index (κ3) is 43.8. The van der Waals surface area contributed by atoms with Gasteiger partial charge in [-0.2, -0.15) is 0 Å². The SMILES string of the molecule is CC/C=C\C/C=C\C/C=C\C/C=C\C/C=C\C/C=C\C/C=C\C/C=C\C/C=C\CCCCCCCCCCCCCC(=O)NC(COC1OC(CO)C(O)C(O)C1O)C(O)CCCCCCCCCCCCCCCC. The number of nitrogens with one attached hydrogen (secondary N) is 1. The minimum Gasteiger partial charge on any atom is -0.394 e. The van der Waals surface area contributed by atoms with Crippen molar-refractivity contribution in [2.24, 2.45) is 0 Å². The van der Waals surface area contributed by atoms with E-state index in [4.69, 9.17) is 9.47 Å². The number of ether oxygens (including phenoxy) is 2. The topological polar surface area (TPSA) is 149 Å². The summed E-state index contributed by atoms with van der Waals surface area (Å²) in [5.41, 5.74) is 0. The second-order valence-corrected chi connectivity index (χ2v) is 21.1. The van der Waals surface area contributed by atoms with Gasteiger partial charge in [0.25, 0.3) is 0 Å². The van der Waals surface area contributed by atoms with Crippen LogP contribution >= 0.6 is 0 Å². The number of allylic oxidation sites excluding steroid dienone is 18. The Bertz CT molecular complexity index is 1560. The van der Waals surface area contributed by atoms with Crippen molar-refractivity contribution in [1.82, 2.24) is 5.32 Å². The molecule has 1 rings (SSSR count). The Labute approximate surface area is 466 Å². The summed E-state index contributed by atoms with van der Waals surface area (Å²) in [6.45, 7) is 3.72. The standard InChI is InChI=1S/C67H115NO8/c1-3-5-7-9-11-13-15-17-19-20-21-22-23-24-25-26-27-28-29-30-31-32-33-34-35-36-37-38-39-40-41-42-43-45-47-49-51-53-55-57-63(71)68-60(59-75-67-66(74)65(73)64(72)62(58-69)76-67)61(70)56-54-52-50-48-46-44-18-16-14-12-10-8-6-4-2/h5,7,11,13,17,19,21-22,24-25,27-28,30-31,33-34,36-37,60-62,64-67,69-70,72-74H,3-4,6,8-10,12,14-16,18,20,23,26,29,32,35,38-59H2,1-2H3,(H,68,71)/b7-5-,13-11-,19-17-,22-21-,25-24-,28-27-,31-30-,34-33-,37-36-. The molecule has 7 unspecified atom stereocenters. The molecular formula is C67H115NO8. The molecule has 1 fully saturated rings. The van der Waals surface area contributed by atoms with Crippen LogP contribution in [0.15, 0.2) is 109 Å². The number of amides is 1. The van der Waals surface area contributed by atoms with Gasteiger partial charge < -0.3 is 40.3 Å². The zero-order valence-corrected chi connectivity index (χ0v) is 48.5. The number of carbonyl (C=O) groups is 1. The molecule has 0 aromatic carbocycles. The number of hydrogen-bond acceptors (Lipinski definition) is 8. The lowest BCUT2D eigenvalue weighted by molar-refractivity contribution is -0.302. The Hall–Kier alpha value is -3.15. The molecule has 0 bridgehead atoms. The molecule has 1 saturated heterocycles. The maximum Gasteiger partial charge on any atom is 0.220 e. The zero-order chi connectivity index (χ0) is 55.0. The molecule has 0 radical (unpaired) electrons. The van der Waals surface area contributed by atoms with Gasteiger partial charge >= 0.3 is 0 Å². The van der Waals surface area contributed by atoms with Crippen molar-refractivity contribution >= 4 is 5.91 Å². The van der Waals surface area contributed by atoms with Gasteiger partial charge in [0.2, 0.25) is 5.91 Å². The van der Waals surface area contributed by atoms with E-state index in [-0.39, 0.29) is 12.5 Å². The van der Waals surface area contributed by atoms with E-state index in [1.807, 2.05) is 0 Å². The zero-order valence-electron chi connectivity index (χ0n) is 48.5. The predicted molar refractivity (Wildman–Crippen MR) is 322 cm³/mol. The Morgan fingerprint density at radius 3 is 1.21 bits per heavy atom. The van der Waals surface area contributed by atoms with E-state index in [0.717, 1.165) is 103 Å². The molecule has 1 amide bonds. The average molecular weight is 1060 g/mol. The first kappa shape index (κ1) is 70.9. The summed E-state index contributed by atoms with van der Waals surface area (Å²) in [6, 6.07) is -0.726. The maximum absolute atomic E-state index is 13.1. The molecular weight excluding hydrogens is 947 g/mol. The van der Waals surface area contributed by atoms with Crippen molar-refractivity contribution in [3.8, 4) is 0 Å². The van der Waals surface area contributed by atoms with Gasteiger partial charge in [0.05, 0.1) is 25.4 Å². The molecule has 7 atom stereocenters. The number of hydrogen-bond donors (Lipinski definition) is 6. The van der Waals surface area contributed by atoms with Gasteiger partial charge in [0, 0.05) is 6.42 Å². The fraction of sp³-hybridized carbons (Fsp3) is 0.716. The van der Waals surface area contributed by atoms with Crippen LogP contribution in [0.2, 0.25) is 0 Å². The first-order valence-corrected chi connectivity index (χ1v) is 31.1. The molecule has 9 nitrogen and oxygen atoms in total. The van der Waals surface area contributed by atoms with Crippen LogP contribution in [0, 0.1) is 0 Å². The molecule has 436 valence electrons. The highest BCUT2D eigenvalue weighted by Crippen LogP contribution is 2.23. The third-order valence-electron chi connectivity index (χ3n) is 14.1. The van der Waals surface area contributed by atoms with Gasteiger partial charge in [-0.25, -0.2) is 0 Å². The lowest BCUT2D eigenvalue weighted by Crippen LogP contribution is -2.60. The summed E-state index contributed by atoms with van der Waals surface area (Å²) in [6.07, 6.45) is 74.1. The van der Waals surface area contributed by atoms with E-state index in [9.17, 15) is 30.3 Å². The van der Waals surface area contributed by atoms with Crippen LogP contribution in [0.1, 0.15) is 251 Å². The van der Waals surface area contributed by atoms with Crippen LogP contribution < -0.4 is 5.32 Å². The summed E-state index contributed by atoms with van der Waals surface area (Å²) in [4.78, 5) is 13.1. The molecule has 0 aliphatic carbocycles. The summed E-state index contributed by atoms with van der Waals surface area (Å²) in [5.74, 6) is -0.151. The van der Waals surface area contributed by atoms with Crippen LogP contribution in [0.5, 0.6) is 0 Å². The van der Waals surface area contributed by atoms with Crippen molar-refractivity contribution < 1.29 is 39.8 Å². The molecule has 1 aliphatic heterocycles. The van der Waals surface area contributed by atoms with Crippen LogP contribution in [0.3, 0.4) is 0 Å². The number of unbranched alkanes of at least 4 members (excludes halogenated alkanes) is 24. The van der Waals surface area contributed by atoms with Crippen LogP contribution in [-0.4, -0.2) is 87.5 Å². The number of aliphatic hydroxyl groups excluding tert-OH is 5. The molecule has 76 heavy (non-hydrogen) atoms. The third-order valence-corrected chi connectivity index (χ3v) is 14.1. The molecule has 0 aromatic rings. The maximum atomic E-state index is 13.1. The van der Waals surface area contributed by atoms with Gasteiger partial charge in [-0.1, -0.05) is 271 Å². The van der Waals surface area contributed by atoms with Crippen LogP contribution in [0.25, 0.3) is 0 Å². The fourth-order valence-corrected chi connectivity index (χ4v) is 9.27. The van der Waals surface area contributed by atoms with E-state index in [1.54, 1.807) is 0 Å². The van der Waals surface area contributed by atoms with Gasteiger partial charge in [-0.05, 0) is 83.5 Å². The monoisotopic (exact) mass is 1060 g/mol. The Kier molecular flexibility index (Phi) is 51.4. The molecule has 1 heterocycles. The Morgan fingerprint density at radius 2 is 0.816 bits per heavy atom. The minimum absolute atomic E-state index is 0.143. The largest absolute Gasteiger partial charge is 0.394 e. The van der Waals surface area contributed by atoms with E-state index in [1.165, 1.54) is 122 Å². The number of carbonyl (C=O) groups excluding carboxylic acids is 1. The van der Waals surface area contributed by atoms with E-state index in [2.05, 4.69) is 129 Å². The van der Waals surface area contributed by atoms with Crippen LogP contribution in [-0.2, 0) is 14.3 Å². The lowest BCUT2D eigenvalue weighted by Gasteiger charge is -2.40. The van der Waals surface area contributed by atoms with Crippen molar-refractivity contribution in [3.63, 3.8) is 0 Å². The average Bonchev–Trinajstić information content (AvgIpc) is 3.42. The predicted octanol–water partition coefficient (Wildman–Crippen LogP) is 16.1. The second kappa shape index (κ2) is 55.2. The molecule has 6 N–H and O–H groups in total. The van der Waals surface area contributed by atoms with Gasteiger partial charge in [0.15, 0.2) is 6.29 Å². The Balaban J connectivity index is 2.12. The van der Waals surface area contributed by atoms with Crippen molar-refractivity contribution in [2.45, 2.75) is 294 Å². The van der Waals surface area contributed by atoms with Gasteiger partial charge in [-0.15, -0.1) is 0 Å². The summed E-state index contributed by atoms with van der Waals surface area (Å²) in [5, 5.41) is 54.7.